The fourth-order valence-corrected chi connectivity index (χ4v) is 2.63. The first-order valence-electron chi connectivity index (χ1n) is 7.24. The summed E-state index contributed by atoms with van der Waals surface area (Å²) in [5.41, 5.74) is 2.28. The second-order valence-electron chi connectivity index (χ2n) is 5.43. The Morgan fingerprint density at radius 2 is 2.27 bits per heavy atom. The Bertz CT molecular complexity index is 648. The van der Waals surface area contributed by atoms with Gasteiger partial charge in [-0.15, -0.1) is 0 Å². The van der Waals surface area contributed by atoms with Crippen LogP contribution in [0.15, 0.2) is 48.6 Å². The van der Waals surface area contributed by atoms with E-state index in [4.69, 9.17) is 11.6 Å². The van der Waals surface area contributed by atoms with Crippen LogP contribution in [0.1, 0.15) is 31.7 Å². The van der Waals surface area contributed by atoms with Crippen molar-refractivity contribution in [3.05, 3.63) is 65.0 Å². The highest BCUT2D eigenvalue weighted by Crippen LogP contribution is 2.23. The first-order chi connectivity index (χ1) is 10.5. The molecule has 0 saturated carbocycles. The first kappa shape index (κ1) is 16.5. The van der Waals surface area contributed by atoms with Crippen molar-refractivity contribution in [2.24, 2.45) is 0 Å². The van der Waals surface area contributed by atoms with E-state index in [0.29, 0.717) is 17.0 Å². The minimum Gasteiger partial charge on any atom is -0.353 e. The summed E-state index contributed by atoms with van der Waals surface area (Å²) in [6, 6.07) is 4.66. The summed E-state index contributed by atoms with van der Waals surface area (Å²) >= 11 is 5.91. The van der Waals surface area contributed by atoms with E-state index < -0.39 is 0 Å². The maximum absolute atomic E-state index is 13.8. The quantitative estimate of drug-likeness (QED) is 0.785. The van der Waals surface area contributed by atoms with Gasteiger partial charge < -0.3 is 5.32 Å². The summed E-state index contributed by atoms with van der Waals surface area (Å²) < 4.78 is 13.8. The molecule has 0 unspecified atom stereocenters. The van der Waals surface area contributed by atoms with Crippen LogP contribution >= 0.6 is 11.6 Å². The molecule has 1 aromatic rings. The Labute approximate surface area is 135 Å². The molecule has 1 fully saturated rings. The molecule has 2 nitrogen and oxygen atoms in total. The number of hydrogen-bond acceptors (Lipinski definition) is 1. The zero-order valence-corrected chi connectivity index (χ0v) is 13.3. The van der Waals surface area contributed by atoms with Gasteiger partial charge in [0, 0.05) is 23.0 Å². The molecule has 1 aliphatic rings. The SMILES string of the molecule is C=C/C(=C\C=C(/C)c1cc(Cl)ccc1F)C[C@@H]1CCC(=O)N1. The van der Waals surface area contributed by atoms with Crippen LogP contribution in [0.2, 0.25) is 5.02 Å². The third kappa shape index (κ3) is 4.31. The number of benzene rings is 1. The van der Waals surface area contributed by atoms with E-state index >= 15 is 0 Å². The van der Waals surface area contributed by atoms with Gasteiger partial charge in [0.1, 0.15) is 5.82 Å². The molecule has 0 aromatic heterocycles. The summed E-state index contributed by atoms with van der Waals surface area (Å²) in [7, 11) is 0. The molecule has 0 spiro atoms. The Hall–Kier alpha value is -1.87. The van der Waals surface area contributed by atoms with Gasteiger partial charge in [-0.2, -0.15) is 0 Å². The van der Waals surface area contributed by atoms with Gasteiger partial charge in [0.15, 0.2) is 0 Å². The highest BCUT2D eigenvalue weighted by atomic mass is 35.5. The van der Waals surface area contributed by atoms with E-state index in [1.54, 1.807) is 12.1 Å². The molecule has 0 bridgehead atoms. The Kier molecular flexibility index (Phi) is 5.56. The van der Waals surface area contributed by atoms with Gasteiger partial charge >= 0.3 is 0 Å². The van der Waals surface area contributed by atoms with Crippen LogP contribution < -0.4 is 5.32 Å². The molecule has 0 radical (unpaired) electrons. The molecule has 1 saturated heterocycles. The predicted molar refractivity (Wildman–Crippen MR) is 89.1 cm³/mol. The number of carbonyl (C=O) groups is 1. The third-order valence-electron chi connectivity index (χ3n) is 3.73. The Balaban J connectivity index is 2.13. The van der Waals surface area contributed by atoms with Crippen LogP contribution in [0.4, 0.5) is 4.39 Å². The molecule has 1 aliphatic heterocycles. The molecule has 1 N–H and O–H groups in total. The molecule has 1 heterocycles. The van der Waals surface area contributed by atoms with Crippen LogP contribution in [0.5, 0.6) is 0 Å². The highest BCUT2D eigenvalue weighted by Gasteiger charge is 2.20. The third-order valence-corrected chi connectivity index (χ3v) is 3.97. The van der Waals surface area contributed by atoms with E-state index in [1.165, 1.54) is 12.1 Å². The minimum atomic E-state index is -0.297. The van der Waals surface area contributed by atoms with Crippen LogP contribution in [0.25, 0.3) is 5.57 Å². The van der Waals surface area contributed by atoms with E-state index in [1.807, 2.05) is 19.1 Å². The maximum atomic E-state index is 13.8. The topological polar surface area (TPSA) is 29.1 Å². The second-order valence-corrected chi connectivity index (χ2v) is 5.86. The molecule has 1 aromatic carbocycles. The first-order valence-corrected chi connectivity index (χ1v) is 7.62. The van der Waals surface area contributed by atoms with Crippen molar-refractivity contribution >= 4 is 23.1 Å². The van der Waals surface area contributed by atoms with E-state index in [9.17, 15) is 9.18 Å². The van der Waals surface area contributed by atoms with Gasteiger partial charge in [-0.3, -0.25) is 4.79 Å². The number of hydrogen-bond donors (Lipinski definition) is 1. The van der Waals surface area contributed by atoms with Crippen molar-refractivity contribution in [1.82, 2.24) is 5.32 Å². The van der Waals surface area contributed by atoms with Crippen molar-refractivity contribution in [2.75, 3.05) is 0 Å². The number of amides is 1. The summed E-state index contributed by atoms with van der Waals surface area (Å²) in [5, 5.41) is 3.43. The molecule has 116 valence electrons. The fraction of sp³-hybridized carbons (Fsp3) is 0.278. The molecular formula is C18H19ClFNO. The van der Waals surface area contributed by atoms with Crippen LogP contribution in [0.3, 0.4) is 0 Å². The van der Waals surface area contributed by atoms with Crippen LogP contribution in [-0.2, 0) is 4.79 Å². The number of allylic oxidation sites excluding steroid dienone is 4. The summed E-state index contributed by atoms with van der Waals surface area (Å²) in [6.07, 6.45) is 7.68. The Morgan fingerprint density at radius 3 is 2.91 bits per heavy atom. The molecule has 2 rings (SSSR count). The lowest BCUT2D eigenvalue weighted by Crippen LogP contribution is -2.25. The van der Waals surface area contributed by atoms with E-state index in [2.05, 4.69) is 11.9 Å². The van der Waals surface area contributed by atoms with Crippen LogP contribution in [-0.4, -0.2) is 11.9 Å². The molecule has 1 atom stereocenters. The second kappa shape index (κ2) is 7.41. The monoisotopic (exact) mass is 319 g/mol. The largest absolute Gasteiger partial charge is 0.353 e. The highest BCUT2D eigenvalue weighted by molar-refractivity contribution is 6.30. The molecular weight excluding hydrogens is 301 g/mol. The molecule has 1 amide bonds. The van der Waals surface area contributed by atoms with E-state index in [-0.39, 0.29) is 17.8 Å². The Morgan fingerprint density at radius 1 is 1.50 bits per heavy atom. The average Bonchev–Trinajstić information content (AvgIpc) is 2.90. The average molecular weight is 320 g/mol. The maximum Gasteiger partial charge on any atom is 0.220 e. The molecule has 4 heteroatoms. The van der Waals surface area contributed by atoms with Gasteiger partial charge in [0.25, 0.3) is 0 Å². The summed E-state index contributed by atoms with van der Waals surface area (Å²) in [5.74, 6) is -0.198. The van der Waals surface area contributed by atoms with Crippen molar-refractivity contribution in [1.29, 1.82) is 0 Å². The normalized spacial score (nSPS) is 19.2. The minimum absolute atomic E-state index is 0.0983. The summed E-state index contributed by atoms with van der Waals surface area (Å²) in [4.78, 5) is 11.2. The zero-order chi connectivity index (χ0) is 16.1. The smallest absolute Gasteiger partial charge is 0.220 e. The lowest BCUT2D eigenvalue weighted by atomic mass is 10.0. The van der Waals surface area contributed by atoms with E-state index in [0.717, 1.165) is 24.0 Å². The van der Waals surface area contributed by atoms with Gasteiger partial charge in [0.05, 0.1) is 0 Å². The van der Waals surface area contributed by atoms with Gasteiger partial charge in [0.2, 0.25) is 5.91 Å². The summed E-state index contributed by atoms with van der Waals surface area (Å²) in [6.45, 7) is 5.64. The number of nitrogens with one attached hydrogen (secondary N) is 1. The standard InChI is InChI=1S/C18H19ClFNO/c1-3-13(10-15-7-9-18(22)21-15)5-4-12(2)16-11-14(19)6-8-17(16)20/h3-6,8,11,15H,1,7,9-10H2,2H3,(H,21,22)/b12-4+,13-5+/t15-/m0/s1. The van der Waals surface area contributed by atoms with Crippen LogP contribution in [0, 0.1) is 5.82 Å². The van der Waals surface area contributed by atoms with Crippen molar-refractivity contribution in [3.8, 4) is 0 Å². The van der Waals surface area contributed by atoms with Gasteiger partial charge in [-0.25, -0.2) is 4.39 Å². The number of rotatable bonds is 5. The fourth-order valence-electron chi connectivity index (χ4n) is 2.46. The number of halogens is 2. The lowest BCUT2D eigenvalue weighted by molar-refractivity contribution is -0.119. The zero-order valence-electron chi connectivity index (χ0n) is 12.5. The predicted octanol–water partition coefficient (Wildman–Crippen LogP) is 4.66. The van der Waals surface area contributed by atoms with Crippen molar-refractivity contribution in [3.63, 3.8) is 0 Å². The lowest BCUT2D eigenvalue weighted by Gasteiger charge is -2.10. The van der Waals surface area contributed by atoms with Gasteiger partial charge in [-0.1, -0.05) is 36.4 Å². The van der Waals surface area contributed by atoms with Crippen molar-refractivity contribution in [2.45, 2.75) is 32.2 Å². The number of carbonyl (C=O) groups excluding carboxylic acids is 1. The molecule has 0 aliphatic carbocycles. The van der Waals surface area contributed by atoms with Crippen molar-refractivity contribution < 1.29 is 9.18 Å². The van der Waals surface area contributed by atoms with Gasteiger partial charge in [-0.05, 0) is 49.1 Å². The molecule has 22 heavy (non-hydrogen) atoms.